The zero-order chi connectivity index (χ0) is 12.3. The summed E-state index contributed by atoms with van der Waals surface area (Å²) >= 11 is 1.46. The lowest BCUT2D eigenvalue weighted by Crippen LogP contribution is -2.32. The second kappa shape index (κ2) is 5.25. The molecule has 0 N–H and O–H groups in total. The second-order valence-corrected chi connectivity index (χ2v) is 5.13. The lowest BCUT2D eigenvalue weighted by atomic mass is 10.3. The van der Waals surface area contributed by atoms with E-state index in [4.69, 9.17) is 0 Å². The van der Waals surface area contributed by atoms with Crippen molar-refractivity contribution in [3.63, 3.8) is 0 Å². The molecule has 0 bridgehead atoms. The van der Waals surface area contributed by atoms with Crippen LogP contribution in [0.5, 0.6) is 0 Å². The third kappa shape index (κ3) is 2.92. The standard InChI is InChI=1S/C12H18N2OS/c1-6-14(7-8(2)3)12(15)11-9(4)13-10(5)16-11/h2,6-7H2,1,3-5H3. The van der Waals surface area contributed by atoms with Crippen molar-refractivity contribution in [2.75, 3.05) is 13.1 Å². The van der Waals surface area contributed by atoms with Crippen LogP contribution in [0.2, 0.25) is 0 Å². The number of aromatic nitrogens is 1. The average Bonchev–Trinajstić information content (AvgIpc) is 2.53. The number of rotatable bonds is 4. The van der Waals surface area contributed by atoms with Gasteiger partial charge in [0.2, 0.25) is 0 Å². The molecule has 16 heavy (non-hydrogen) atoms. The maximum Gasteiger partial charge on any atom is 0.266 e. The highest BCUT2D eigenvalue weighted by Gasteiger charge is 2.19. The fraction of sp³-hybridized carbons (Fsp3) is 0.500. The summed E-state index contributed by atoms with van der Waals surface area (Å²) in [5.41, 5.74) is 1.82. The Balaban J connectivity index is 2.91. The predicted octanol–water partition coefficient (Wildman–Crippen LogP) is 2.80. The fourth-order valence-corrected chi connectivity index (χ4v) is 2.41. The van der Waals surface area contributed by atoms with Gasteiger partial charge >= 0.3 is 0 Å². The average molecular weight is 238 g/mol. The minimum absolute atomic E-state index is 0.0635. The smallest absolute Gasteiger partial charge is 0.266 e. The quantitative estimate of drug-likeness (QED) is 0.756. The van der Waals surface area contributed by atoms with Gasteiger partial charge in [-0.3, -0.25) is 4.79 Å². The van der Waals surface area contributed by atoms with Crippen molar-refractivity contribution >= 4 is 17.2 Å². The highest BCUT2D eigenvalue weighted by atomic mass is 32.1. The molecule has 0 saturated heterocycles. The maximum absolute atomic E-state index is 12.2. The van der Waals surface area contributed by atoms with Gasteiger partial charge in [-0.05, 0) is 27.7 Å². The lowest BCUT2D eigenvalue weighted by molar-refractivity contribution is 0.0782. The Morgan fingerprint density at radius 3 is 2.50 bits per heavy atom. The summed E-state index contributed by atoms with van der Waals surface area (Å²) in [5.74, 6) is 0.0635. The van der Waals surface area contributed by atoms with E-state index in [1.165, 1.54) is 11.3 Å². The van der Waals surface area contributed by atoms with E-state index in [0.717, 1.165) is 21.2 Å². The summed E-state index contributed by atoms with van der Waals surface area (Å²) in [6.07, 6.45) is 0. The first-order valence-corrected chi connectivity index (χ1v) is 6.15. The summed E-state index contributed by atoms with van der Waals surface area (Å²) in [5, 5.41) is 0.937. The van der Waals surface area contributed by atoms with Gasteiger partial charge in [-0.2, -0.15) is 0 Å². The first kappa shape index (κ1) is 12.9. The first-order chi connectivity index (χ1) is 7.45. The van der Waals surface area contributed by atoms with Gasteiger partial charge in [-0.15, -0.1) is 11.3 Å². The summed E-state index contributed by atoms with van der Waals surface area (Å²) < 4.78 is 0. The SMILES string of the molecule is C=C(C)CN(CC)C(=O)c1sc(C)nc1C. The second-order valence-electron chi connectivity index (χ2n) is 3.92. The molecule has 0 aliphatic rings. The topological polar surface area (TPSA) is 33.2 Å². The molecule has 4 heteroatoms. The Morgan fingerprint density at radius 1 is 1.50 bits per heavy atom. The van der Waals surface area contributed by atoms with Crippen LogP contribution >= 0.6 is 11.3 Å². The summed E-state index contributed by atoms with van der Waals surface area (Å²) in [6.45, 7) is 12.9. The van der Waals surface area contributed by atoms with Crippen molar-refractivity contribution in [3.05, 3.63) is 27.7 Å². The minimum atomic E-state index is 0.0635. The molecule has 3 nitrogen and oxygen atoms in total. The molecule has 0 aliphatic heterocycles. The normalized spacial score (nSPS) is 10.2. The largest absolute Gasteiger partial charge is 0.334 e. The highest BCUT2D eigenvalue weighted by Crippen LogP contribution is 2.19. The van der Waals surface area contributed by atoms with E-state index >= 15 is 0 Å². The molecule has 0 atom stereocenters. The van der Waals surface area contributed by atoms with Gasteiger partial charge in [-0.1, -0.05) is 12.2 Å². The zero-order valence-electron chi connectivity index (χ0n) is 10.3. The molecule has 1 heterocycles. The number of nitrogens with zero attached hydrogens (tertiary/aromatic N) is 2. The third-order valence-corrected chi connectivity index (χ3v) is 3.29. The van der Waals surface area contributed by atoms with Crippen molar-refractivity contribution in [2.45, 2.75) is 27.7 Å². The van der Waals surface area contributed by atoms with Gasteiger partial charge in [-0.25, -0.2) is 4.98 Å². The van der Waals surface area contributed by atoms with E-state index in [2.05, 4.69) is 11.6 Å². The number of aryl methyl sites for hydroxylation is 2. The van der Waals surface area contributed by atoms with Crippen LogP contribution in [0.4, 0.5) is 0 Å². The molecular formula is C12H18N2OS. The molecule has 1 amide bonds. The molecular weight excluding hydrogens is 220 g/mol. The van der Waals surface area contributed by atoms with Gasteiger partial charge in [0.15, 0.2) is 0 Å². The number of thiazole rings is 1. The van der Waals surface area contributed by atoms with E-state index in [0.29, 0.717) is 13.1 Å². The van der Waals surface area contributed by atoms with E-state index in [-0.39, 0.29) is 5.91 Å². The zero-order valence-corrected chi connectivity index (χ0v) is 11.1. The molecule has 0 fully saturated rings. The van der Waals surface area contributed by atoms with Crippen LogP contribution < -0.4 is 0 Å². The Morgan fingerprint density at radius 2 is 2.12 bits per heavy atom. The lowest BCUT2D eigenvalue weighted by Gasteiger charge is -2.20. The van der Waals surface area contributed by atoms with Crippen molar-refractivity contribution in [2.24, 2.45) is 0 Å². The van der Waals surface area contributed by atoms with Crippen molar-refractivity contribution in [3.8, 4) is 0 Å². The Kier molecular flexibility index (Phi) is 4.24. The number of carbonyl (C=O) groups is 1. The van der Waals surface area contributed by atoms with Crippen LogP contribution in [0.1, 0.15) is 34.2 Å². The molecule has 1 aromatic rings. The molecule has 0 aromatic carbocycles. The number of hydrogen-bond acceptors (Lipinski definition) is 3. The van der Waals surface area contributed by atoms with E-state index in [9.17, 15) is 4.79 Å². The summed E-state index contributed by atoms with van der Waals surface area (Å²) in [6, 6.07) is 0. The molecule has 0 radical (unpaired) electrons. The van der Waals surface area contributed by atoms with Crippen molar-refractivity contribution in [1.29, 1.82) is 0 Å². The number of amides is 1. The molecule has 1 rings (SSSR count). The number of hydrogen-bond donors (Lipinski definition) is 0. The van der Waals surface area contributed by atoms with Crippen LogP contribution in [0.3, 0.4) is 0 Å². The van der Waals surface area contributed by atoms with E-state index < -0.39 is 0 Å². The van der Waals surface area contributed by atoms with Crippen LogP contribution in [0.25, 0.3) is 0 Å². The minimum Gasteiger partial charge on any atom is -0.334 e. The van der Waals surface area contributed by atoms with Gasteiger partial charge in [0.1, 0.15) is 4.88 Å². The molecule has 0 aliphatic carbocycles. The van der Waals surface area contributed by atoms with Gasteiger partial charge in [0.25, 0.3) is 5.91 Å². The van der Waals surface area contributed by atoms with Gasteiger partial charge in [0, 0.05) is 13.1 Å². The Bertz CT molecular complexity index is 409. The molecule has 0 saturated carbocycles. The van der Waals surface area contributed by atoms with Gasteiger partial charge < -0.3 is 4.90 Å². The molecule has 88 valence electrons. The van der Waals surface area contributed by atoms with Gasteiger partial charge in [0.05, 0.1) is 10.7 Å². The summed E-state index contributed by atoms with van der Waals surface area (Å²) in [7, 11) is 0. The van der Waals surface area contributed by atoms with E-state index in [1.807, 2.05) is 27.7 Å². The molecule has 0 spiro atoms. The fourth-order valence-electron chi connectivity index (χ4n) is 1.53. The monoisotopic (exact) mass is 238 g/mol. The molecule has 0 unspecified atom stereocenters. The van der Waals surface area contributed by atoms with Crippen LogP contribution in [-0.2, 0) is 0 Å². The van der Waals surface area contributed by atoms with E-state index in [1.54, 1.807) is 4.90 Å². The predicted molar refractivity (Wildman–Crippen MR) is 68.0 cm³/mol. The molecule has 1 aromatic heterocycles. The highest BCUT2D eigenvalue weighted by molar-refractivity contribution is 7.13. The van der Waals surface area contributed by atoms with Crippen molar-refractivity contribution in [1.82, 2.24) is 9.88 Å². The third-order valence-electron chi connectivity index (χ3n) is 2.23. The number of carbonyl (C=O) groups excluding carboxylic acids is 1. The Labute approximate surface area is 101 Å². The first-order valence-electron chi connectivity index (χ1n) is 5.33. The van der Waals surface area contributed by atoms with Crippen LogP contribution in [0.15, 0.2) is 12.2 Å². The number of likely N-dealkylation sites (N-methyl/N-ethyl adjacent to an activating group) is 1. The van der Waals surface area contributed by atoms with Crippen LogP contribution in [-0.4, -0.2) is 28.9 Å². The Hall–Kier alpha value is -1.16. The van der Waals surface area contributed by atoms with Crippen LogP contribution in [0, 0.1) is 13.8 Å². The van der Waals surface area contributed by atoms with Crippen molar-refractivity contribution < 1.29 is 4.79 Å². The summed E-state index contributed by atoms with van der Waals surface area (Å²) in [4.78, 5) is 19.0. The maximum atomic E-state index is 12.2.